The third kappa shape index (κ3) is 2.15. The van der Waals surface area contributed by atoms with Crippen LogP contribution in [0, 0.1) is 0 Å². The van der Waals surface area contributed by atoms with Crippen LogP contribution in [0.1, 0.15) is 0 Å². The van der Waals surface area contributed by atoms with E-state index in [9.17, 15) is 0 Å². The van der Waals surface area contributed by atoms with Gasteiger partial charge in [-0.3, -0.25) is 4.31 Å². The molecule has 0 radical (unpaired) electrons. The molecular weight excluding hydrogens is 144 g/mol. The fourth-order valence-corrected chi connectivity index (χ4v) is 2.17. The van der Waals surface area contributed by atoms with Crippen molar-refractivity contribution in [3.63, 3.8) is 0 Å². The van der Waals surface area contributed by atoms with Gasteiger partial charge in [0.05, 0.1) is 0 Å². The minimum Gasteiger partial charge on any atom is -0.304 e. The fraction of sp³-hybridized carbons (Fsp3) is 1.00. The highest BCUT2D eigenvalue weighted by Crippen LogP contribution is 2.21. The third-order valence-electron chi connectivity index (χ3n) is 2.05. The van der Waals surface area contributed by atoms with Crippen molar-refractivity contribution < 1.29 is 0 Å². The topological polar surface area (TPSA) is 6.48 Å². The average molecular weight is 162 g/mol. The quantitative estimate of drug-likeness (QED) is 0.558. The highest BCUT2D eigenvalue weighted by molar-refractivity contribution is 8.13. The summed E-state index contributed by atoms with van der Waals surface area (Å²) in [5.41, 5.74) is 0. The zero-order valence-corrected chi connectivity index (χ0v) is 8.06. The van der Waals surface area contributed by atoms with Gasteiger partial charge in [0.15, 0.2) is 0 Å². The molecule has 62 valence electrons. The number of piperazine rings is 1. The van der Waals surface area contributed by atoms with Gasteiger partial charge in [0, 0.05) is 26.2 Å². The Morgan fingerprint density at radius 1 is 1.00 bits per heavy atom. The zero-order valence-electron chi connectivity index (χ0n) is 7.17. The number of nitrogens with zero attached hydrogens (tertiary/aromatic N) is 2. The van der Waals surface area contributed by atoms with Crippen molar-refractivity contribution in [3.05, 3.63) is 0 Å². The minimum atomic E-state index is 0.169. The van der Waals surface area contributed by atoms with Gasteiger partial charge in [-0.05, 0) is 19.6 Å². The lowest BCUT2D eigenvalue weighted by molar-refractivity contribution is 0.232. The zero-order chi connectivity index (χ0) is 7.56. The predicted octanol–water partition coefficient (Wildman–Crippen LogP) is 0.410. The number of hydrogen-bond donors (Lipinski definition) is 1. The lowest BCUT2D eigenvalue weighted by Crippen LogP contribution is -2.42. The van der Waals surface area contributed by atoms with Crippen LogP contribution < -0.4 is 0 Å². The molecular formula is C7H18N2S. The fourth-order valence-electron chi connectivity index (χ4n) is 1.20. The Balaban J connectivity index is 2.26. The molecule has 0 unspecified atom stereocenters. The Hall–Kier alpha value is 0.270. The van der Waals surface area contributed by atoms with Gasteiger partial charge in [0.25, 0.3) is 0 Å². The van der Waals surface area contributed by atoms with Crippen LogP contribution in [0.2, 0.25) is 0 Å². The van der Waals surface area contributed by atoms with Crippen molar-refractivity contribution in [2.45, 2.75) is 0 Å². The molecule has 0 aliphatic carbocycles. The lowest BCUT2D eigenvalue weighted by Gasteiger charge is -2.36. The molecule has 0 saturated carbocycles. The molecule has 0 N–H and O–H groups in total. The number of likely N-dealkylation sites (N-methyl/N-ethyl adjacent to an activating group) is 1. The molecule has 1 aliphatic rings. The second-order valence-corrected chi connectivity index (χ2v) is 5.36. The smallest absolute Gasteiger partial charge is 0.0200 e. The molecule has 0 atom stereocenters. The SMILES string of the molecule is CN1CCN([SH](C)C)CC1. The van der Waals surface area contributed by atoms with Gasteiger partial charge < -0.3 is 4.90 Å². The van der Waals surface area contributed by atoms with Gasteiger partial charge >= 0.3 is 0 Å². The van der Waals surface area contributed by atoms with Crippen LogP contribution >= 0.6 is 11.1 Å². The third-order valence-corrected chi connectivity index (χ3v) is 3.58. The Kier molecular flexibility index (Phi) is 3.01. The Labute approximate surface area is 66.7 Å². The highest BCUT2D eigenvalue weighted by atomic mass is 32.2. The molecule has 0 aromatic carbocycles. The summed E-state index contributed by atoms with van der Waals surface area (Å²) in [6.07, 6.45) is 4.67. The molecule has 0 aromatic heterocycles. The van der Waals surface area contributed by atoms with Crippen molar-refractivity contribution in [2.75, 3.05) is 45.7 Å². The van der Waals surface area contributed by atoms with Crippen molar-refractivity contribution in [1.29, 1.82) is 0 Å². The molecule has 1 heterocycles. The standard InChI is InChI=1S/C7H18N2S/c1-8-4-6-9(7-5-8)10(2)3/h10H,4-7H2,1-3H3. The first kappa shape index (κ1) is 8.37. The molecule has 3 heteroatoms. The normalized spacial score (nSPS) is 24.9. The first-order valence-electron chi connectivity index (χ1n) is 3.81. The van der Waals surface area contributed by atoms with E-state index in [-0.39, 0.29) is 11.1 Å². The molecule has 1 rings (SSSR count). The second-order valence-electron chi connectivity index (χ2n) is 3.10. The summed E-state index contributed by atoms with van der Waals surface area (Å²) in [6.45, 7) is 5.05. The molecule has 0 aromatic rings. The molecule has 1 aliphatic heterocycles. The largest absolute Gasteiger partial charge is 0.304 e. The Morgan fingerprint density at radius 3 is 1.90 bits per heavy atom. The van der Waals surface area contributed by atoms with Gasteiger partial charge in [-0.25, -0.2) is 11.1 Å². The van der Waals surface area contributed by atoms with Crippen molar-refractivity contribution in [3.8, 4) is 0 Å². The monoisotopic (exact) mass is 162 g/mol. The van der Waals surface area contributed by atoms with Crippen molar-refractivity contribution >= 4 is 11.1 Å². The van der Waals surface area contributed by atoms with Crippen molar-refractivity contribution in [1.82, 2.24) is 9.21 Å². The van der Waals surface area contributed by atoms with E-state index in [1.807, 2.05) is 0 Å². The van der Waals surface area contributed by atoms with Gasteiger partial charge in [0.2, 0.25) is 0 Å². The summed E-state index contributed by atoms with van der Waals surface area (Å²) < 4.78 is 2.59. The molecule has 1 saturated heterocycles. The van der Waals surface area contributed by atoms with E-state index < -0.39 is 0 Å². The van der Waals surface area contributed by atoms with Crippen LogP contribution in [-0.2, 0) is 0 Å². The van der Waals surface area contributed by atoms with E-state index >= 15 is 0 Å². The van der Waals surface area contributed by atoms with E-state index in [0.29, 0.717) is 0 Å². The predicted molar refractivity (Wildman–Crippen MR) is 49.9 cm³/mol. The van der Waals surface area contributed by atoms with E-state index in [1.54, 1.807) is 0 Å². The molecule has 0 spiro atoms. The summed E-state index contributed by atoms with van der Waals surface area (Å²) in [6, 6.07) is 0. The van der Waals surface area contributed by atoms with E-state index in [1.165, 1.54) is 26.2 Å². The van der Waals surface area contributed by atoms with Gasteiger partial charge in [-0.1, -0.05) is 0 Å². The maximum Gasteiger partial charge on any atom is 0.0200 e. The summed E-state index contributed by atoms with van der Waals surface area (Å²) in [5.74, 6) is 0. The van der Waals surface area contributed by atoms with E-state index in [4.69, 9.17) is 0 Å². The van der Waals surface area contributed by atoms with E-state index in [0.717, 1.165) is 0 Å². The number of thiol groups is 1. The van der Waals surface area contributed by atoms with Crippen LogP contribution in [0.25, 0.3) is 0 Å². The summed E-state index contributed by atoms with van der Waals surface area (Å²) in [4.78, 5) is 2.40. The molecule has 10 heavy (non-hydrogen) atoms. The second kappa shape index (κ2) is 3.60. The van der Waals surface area contributed by atoms with Crippen LogP contribution in [0.15, 0.2) is 0 Å². The summed E-state index contributed by atoms with van der Waals surface area (Å²) in [5, 5.41) is 0. The molecule has 1 fully saturated rings. The van der Waals surface area contributed by atoms with Crippen LogP contribution in [0.3, 0.4) is 0 Å². The van der Waals surface area contributed by atoms with Gasteiger partial charge in [-0.15, -0.1) is 0 Å². The summed E-state index contributed by atoms with van der Waals surface area (Å²) in [7, 11) is 2.20. The highest BCUT2D eigenvalue weighted by Gasteiger charge is 2.13. The Morgan fingerprint density at radius 2 is 1.50 bits per heavy atom. The van der Waals surface area contributed by atoms with Gasteiger partial charge in [-0.2, -0.15) is 0 Å². The maximum absolute atomic E-state index is 2.59. The summed E-state index contributed by atoms with van der Waals surface area (Å²) >= 11 is 0.169. The van der Waals surface area contributed by atoms with Crippen LogP contribution in [-0.4, -0.2) is 54.9 Å². The van der Waals surface area contributed by atoms with Crippen LogP contribution in [0.4, 0.5) is 0 Å². The number of hydrogen-bond acceptors (Lipinski definition) is 2. The average Bonchev–Trinajstić information content (AvgIpc) is 1.88. The maximum atomic E-state index is 2.59. The molecule has 0 amide bonds. The molecule has 2 nitrogen and oxygen atoms in total. The van der Waals surface area contributed by atoms with Crippen LogP contribution in [0.5, 0.6) is 0 Å². The minimum absolute atomic E-state index is 0.169. The molecule has 0 bridgehead atoms. The van der Waals surface area contributed by atoms with Crippen molar-refractivity contribution in [2.24, 2.45) is 0 Å². The first-order valence-corrected chi connectivity index (χ1v) is 6.00. The Bertz CT molecular complexity index is 97.8. The van der Waals surface area contributed by atoms with E-state index in [2.05, 4.69) is 28.8 Å². The van der Waals surface area contributed by atoms with Gasteiger partial charge in [0.1, 0.15) is 0 Å². The first-order chi connectivity index (χ1) is 4.70. The number of rotatable bonds is 1. The lowest BCUT2D eigenvalue weighted by atomic mass is 10.4.